The van der Waals surface area contributed by atoms with Crippen LogP contribution in [0.3, 0.4) is 0 Å². The Hall–Kier alpha value is -6.45. The number of carboxylic acid groups (broad SMARTS) is 1. The van der Waals surface area contributed by atoms with Crippen LogP contribution in [0.25, 0.3) is 22.3 Å². The number of aliphatic carboxylic acids is 1. The van der Waals surface area contributed by atoms with Crippen LogP contribution in [0.4, 0.5) is 52.7 Å². The van der Waals surface area contributed by atoms with Gasteiger partial charge in [0.1, 0.15) is 53.0 Å². The second kappa shape index (κ2) is 24.7. The molecule has 408 valence electrons. The first kappa shape index (κ1) is 60.4. The molecule has 0 saturated carbocycles. The Morgan fingerprint density at radius 2 is 0.961 bits per heavy atom. The molecule has 27 heteroatoms. The van der Waals surface area contributed by atoms with Crippen LogP contribution in [0.5, 0.6) is 0 Å². The SMILES string of the molecule is Cl.NCc1cc(F)cc(-c2ccc(C(F)(F)F)nc2)c1.O=C(CCc1cc(F)cc(-c2ccc(C(F)(F)F)nc2)c1)[C@@H]1C[C@@H](F)CN1S(=O)(=O)c1ccc(F)cc1.O=C(O)[C@@H]1C[C@@H](F)CN1S(=O)(=O)c1ccc(F)cc1. The summed E-state index contributed by atoms with van der Waals surface area (Å²) < 4.78 is 208. The maximum absolute atomic E-state index is 14.2. The summed E-state index contributed by atoms with van der Waals surface area (Å²) >= 11 is 0. The molecule has 0 spiro atoms. The van der Waals surface area contributed by atoms with Crippen molar-refractivity contribution >= 4 is 44.2 Å². The molecule has 2 aliphatic rings. The molecule has 76 heavy (non-hydrogen) atoms. The third-order valence-electron chi connectivity index (χ3n) is 11.5. The minimum absolute atomic E-state index is 0. The molecular weight excluding hydrogens is 1100 g/mol. The first-order valence-corrected chi connectivity index (χ1v) is 24.9. The minimum atomic E-state index is -4.62. The van der Waals surface area contributed by atoms with Gasteiger partial charge in [0.25, 0.3) is 0 Å². The van der Waals surface area contributed by atoms with Crippen LogP contribution in [-0.2, 0) is 55.0 Å². The van der Waals surface area contributed by atoms with Gasteiger partial charge in [-0.15, -0.1) is 12.4 Å². The molecule has 0 amide bonds. The van der Waals surface area contributed by atoms with E-state index in [0.717, 1.165) is 95.6 Å². The second-order valence-electron chi connectivity index (χ2n) is 16.8. The lowest BCUT2D eigenvalue weighted by molar-refractivity contribution is -0.141. The molecule has 4 atom stereocenters. The number of nitrogens with zero attached hydrogens (tertiary/aromatic N) is 4. The van der Waals surface area contributed by atoms with E-state index in [1.54, 1.807) is 6.07 Å². The lowest BCUT2D eigenvalue weighted by Gasteiger charge is -2.23. The fourth-order valence-electron chi connectivity index (χ4n) is 7.84. The monoisotopic (exact) mass is 1140 g/mol. The quantitative estimate of drug-likeness (QED) is 0.112. The van der Waals surface area contributed by atoms with E-state index in [1.165, 1.54) is 24.3 Å². The van der Waals surface area contributed by atoms with Gasteiger partial charge in [0, 0.05) is 62.4 Å². The largest absolute Gasteiger partial charge is 0.480 e. The number of carboxylic acids is 1. The van der Waals surface area contributed by atoms with Gasteiger partial charge in [0.15, 0.2) is 5.78 Å². The van der Waals surface area contributed by atoms with Gasteiger partial charge in [-0.3, -0.25) is 19.6 Å². The van der Waals surface area contributed by atoms with E-state index in [9.17, 15) is 79.1 Å². The standard InChI is InChI=1S/C25H20F6N2O3S.C13H10F4N2.C11H11F2NO4S.ClH/c26-18-3-5-21(6-4-18)37(35,36)33-14-20(28)12-22(33)23(34)7-1-15-9-17(11-19(27)10-15)16-2-8-24(32-13-16)25(29,30)31;14-11-4-8(6-18)3-10(5-11)9-1-2-12(19-7-9)13(15,16)17;12-7-1-3-9(4-2-7)19(17,18)14-6-8(13)5-10(14)11(15)16;/h2-6,8-11,13,20,22H,1,7,12,14H2;1-5,7H,6,18H2;1-4,8,10H,5-6H2,(H,15,16);1H/t20-,22+;;8-,10+;/m1.1./s1. The maximum Gasteiger partial charge on any atom is 0.433 e. The third-order valence-corrected chi connectivity index (χ3v) is 15.3. The molecule has 4 aromatic carbocycles. The molecule has 2 saturated heterocycles. The summed E-state index contributed by atoms with van der Waals surface area (Å²) in [4.78, 5) is 30.1. The van der Waals surface area contributed by atoms with Crippen molar-refractivity contribution in [3.05, 3.63) is 167 Å². The number of sulfonamides is 2. The van der Waals surface area contributed by atoms with Crippen molar-refractivity contribution in [2.24, 2.45) is 5.73 Å². The topological polar surface area (TPSA) is 181 Å². The van der Waals surface area contributed by atoms with E-state index in [4.69, 9.17) is 10.8 Å². The molecule has 0 radical (unpaired) electrons. The van der Waals surface area contributed by atoms with Crippen molar-refractivity contribution in [1.29, 1.82) is 0 Å². The first-order valence-electron chi connectivity index (χ1n) is 22.0. The number of hydrogen-bond acceptors (Lipinski definition) is 9. The van der Waals surface area contributed by atoms with Gasteiger partial charge in [-0.2, -0.15) is 35.0 Å². The molecule has 2 aromatic heterocycles. The Morgan fingerprint density at radius 3 is 1.34 bits per heavy atom. The summed E-state index contributed by atoms with van der Waals surface area (Å²) in [5, 5.41) is 8.92. The Kier molecular flexibility index (Phi) is 19.6. The number of Topliss-reactive ketones (excluding diaryl/α,β-unsaturated/α-hetero) is 1. The summed E-state index contributed by atoms with van der Waals surface area (Å²) in [6.07, 6.45) is -11.1. The van der Waals surface area contributed by atoms with E-state index in [2.05, 4.69) is 9.97 Å². The molecule has 0 unspecified atom stereocenters. The van der Waals surface area contributed by atoms with Crippen molar-refractivity contribution in [2.45, 2.75) is 78.8 Å². The van der Waals surface area contributed by atoms with Crippen LogP contribution in [0, 0.1) is 23.3 Å². The normalized spacial score (nSPS) is 18.2. The second-order valence-corrected chi connectivity index (χ2v) is 20.6. The molecular formula is C49H42ClF12N5O7S2. The number of pyridine rings is 2. The predicted octanol–water partition coefficient (Wildman–Crippen LogP) is 10.1. The Morgan fingerprint density at radius 1 is 0.566 bits per heavy atom. The van der Waals surface area contributed by atoms with Crippen molar-refractivity contribution in [1.82, 2.24) is 18.6 Å². The minimum Gasteiger partial charge on any atom is -0.480 e. The van der Waals surface area contributed by atoms with Crippen LogP contribution < -0.4 is 5.73 Å². The van der Waals surface area contributed by atoms with Gasteiger partial charge in [-0.25, -0.2) is 43.2 Å². The smallest absolute Gasteiger partial charge is 0.433 e. The van der Waals surface area contributed by atoms with Crippen LogP contribution >= 0.6 is 12.4 Å². The molecule has 3 N–H and O–H groups in total. The summed E-state index contributed by atoms with van der Waals surface area (Å²) in [6, 6.07) is 17.1. The van der Waals surface area contributed by atoms with Gasteiger partial charge in [0.2, 0.25) is 20.0 Å². The van der Waals surface area contributed by atoms with Gasteiger partial charge in [-0.05, 0) is 120 Å². The van der Waals surface area contributed by atoms with E-state index >= 15 is 0 Å². The highest BCUT2D eigenvalue weighted by atomic mass is 35.5. The number of benzene rings is 4. The number of carbonyl (C=O) groups is 2. The summed E-state index contributed by atoms with van der Waals surface area (Å²) in [7, 11) is -8.41. The van der Waals surface area contributed by atoms with Crippen LogP contribution in [0.2, 0.25) is 0 Å². The molecule has 0 aliphatic carbocycles. The van der Waals surface area contributed by atoms with E-state index < -0.39 is 116 Å². The predicted molar refractivity (Wildman–Crippen MR) is 253 cm³/mol. The molecule has 0 bridgehead atoms. The first-order chi connectivity index (χ1) is 35.1. The van der Waals surface area contributed by atoms with Crippen molar-refractivity contribution in [2.75, 3.05) is 13.1 Å². The number of alkyl halides is 8. The van der Waals surface area contributed by atoms with Crippen LogP contribution in [0.15, 0.2) is 131 Å². The summed E-state index contributed by atoms with van der Waals surface area (Å²) in [5.74, 6) is -4.42. The van der Waals surface area contributed by atoms with Gasteiger partial charge in [0.05, 0.1) is 15.8 Å². The zero-order chi connectivity index (χ0) is 55.2. The number of carbonyl (C=O) groups excluding carboxylic acids is 1. The third kappa shape index (κ3) is 15.1. The van der Waals surface area contributed by atoms with Crippen LogP contribution in [-0.4, -0.2) is 89.8 Å². The molecule has 4 heterocycles. The zero-order valence-electron chi connectivity index (χ0n) is 38.8. The highest BCUT2D eigenvalue weighted by molar-refractivity contribution is 7.89. The van der Waals surface area contributed by atoms with Gasteiger partial charge < -0.3 is 10.8 Å². The van der Waals surface area contributed by atoms with Gasteiger partial charge in [-0.1, -0.05) is 18.2 Å². The number of aryl methyl sites for hydroxylation is 1. The van der Waals surface area contributed by atoms with Crippen molar-refractivity contribution in [3.8, 4) is 22.3 Å². The fraction of sp³-hybridized carbons (Fsp3) is 0.265. The van der Waals surface area contributed by atoms with Crippen molar-refractivity contribution < 1.29 is 84.2 Å². The number of halogens is 13. The van der Waals surface area contributed by atoms with Crippen LogP contribution in [0.1, 0.15) is 41.8 Å². The molecule has 6 aromatic rings. The molecule has 2 aliphatic heterocycles. The van der Waals surface area contributed by atoms with E-state index in [1.807, 2.05) is 0 Å². The summed E-state index contributed by atoms with van der Waals surface area (Å²) in [5.41, 5.74) is 5.57. The molecule has 2 fully saturated rings. The average molecular weight is 1140 g/mol. The number of hydrogen-bond donors (Lipinski definition) is 2. The highest BCUT2D eigenvalue weighted by Crippen LogP contribution is 2.34. The number of aromatic nitrogens is 2. The number of nitrogens with two attached hydrogens (primary N) is 1. The highest BCUT2D eigenvalue weighted by Gasteiger charge is 2.45. The zero-order valence-corrected chi connectivity index (χ0v) is 41.3. The Labute approximate surface area is 432 Å². The number of ketones is 1. The molecule has 12 nitrogen and oxygen atoms in total. The Bertz CT molecular complexity index is 3220. The fourth-order valence-corrected chi connectivity index (χ4v) is 11.1. The van der Waals surface area contributed by atoms with E-state index in [-0.39, 0.29) is 65.6 Å². The lowest BCUT2D eigenvalue weighted by Crippen LogP contribution is -2.40. The van der Waals surface area contributed by atoms with Crippen molar-refractivity contribution in [3.63, 3.8) is 0 Å². The molecule has 8 rings (SSSR count). The lowest BCUT2D eigenvalue weighted by atomic mass is 9.98. The van der Waals surface area contributed by atoms with E-state index in [0.29, 0.717) is 26.6 Å². The maximum atomic E-state index is 14.2. The Balaban J connectivity index is 0.000000230. The van der Waals surface area contributed by atoms with Gasteiger partial charge >= 0.3 is 18.3 Å². The number of rotatable bonds is 12. The average Bonchev–Trinajstić information content (AvgIpc) is 3.97. The summed E-state index contributed by atoms with van der Waals surface area (Å²) in [6.45, 7) is -0.878.